The minimum atomic E-state index is -0.860. The summed E-state index contributed by atoms with van der Waals surface area (Å²) in [5, 5.41) is 2.92. The molecule has 2 amide bonds. The highest BCUT2D eigenvalue weighted by atomic mass is 19.1. The number of hydrogen-bond donors (Lipinski definition) is 1. The second-order valence-electron chi connectivity index (χ2n) is 7.47. The van der Waals surface area contributed by atoms with Gasteiger partial charge in [-0.05, 0) is 62.1 Å². The number of amides is 2. The fraction of sp³-hybridized carbons (Fsp3) is 0.364. The number of rotatable bonds is 6. The van der Waals surface area contributed by atoms with Crippen LogP contribution in [0.15, 0.2) is 42.5 Å². The standard InChI is InChI=1S/C22H22F2N2O3/c23-18-4-1-5-19(24)20(18)22(28)26-12-2-3-16(26)13-29-17-10-6-14(7-11-17)21(27)25-15-8-9-15/h1,4-7,10-11,15-16H,2-3,8-9,12-13H2,(H,25,27). The Morgan fingerprint density at radius 2 is 1.72 bits per heavy atom. The van der Waals surface area contributed by atoms with Crippen molar-refractivity contribution < 1.29 is 23.1 Å². The summed E-state index contributed by atoms with van der Waals surface area (Å²) in [4.78, 5) is 26.2. The molecule has 1 atom stereocenters. The summed E-state index contributed by atoms with van der Waals surface area (Å²) in [6.45, 7) is 0.649. The molecule has 2 fully saturated rings. The smallest absolute Gasteiger partial charge is 0.260 e. The van der Waals surface area contributed by atoms with Crippen molar-refractivity contribution in [3.8, 4) is 5.75 Å². The van der Waals surface area contributed by atoms with Crippen molar-refractivity contribution in [1.82, 2.24) is 10.2 Å². The fourth-order valence-corrected chi connectivity index (χ4v) is 3.51. The summed E-state index contributed by atoms with van der Waals surface area (Å²) < 4.78 is 33.7. The average Bonchev–Trinajstić information content (AvgIpc) is 3.39. The van der Waals surface area contributed by atoms with Gasteiger partial charge in [0.25, 0.3) is 11.8 Å². The van der Waals surface area contributed by atoms with Crippen LogP contribution in [0.25, 0.3) is 0 Å². The van der Waals surface area contributed by atoms with E-state index >= 15 is 0 Å². The maximum atomic E-state index is 14.0. The molecule has 7 heteroatoms. The Bertz CT molecular complexity index is 893. The van der Waals surface area contributed by atoms with E-state index < -0.39 is 23.1 Å². The lowest BCUT2D eigenvalue weighted by Gasteiger charge is -2.25. The van der Waals surface area contributed by atoms with Crippen LogP contribution in [0.2, 0.25) is 0 Å². The van der Waals surface area contributed by atoms with Gasteiger partial charge in [-0.25, -0.2) is 8.78 Å². The van der Waals surface area contributed by atoms with Gasteiger partial charge >= 0.3 is 0 Å². The third-order valence-electron chi connectivity index (χ3n) is 5.29. The SMILES string of the molecule is O=C(NC1CC1)c1ccc(OCC2CCCN2C(=O)c2c(F)cccc2F)cc1. The Kier molecular flexibility index (Phi) is 5.47. The van der Waals surface area contributed by atoms with Crippen LogP contribution in [0, 0.1) is 11.6 Å². The number of benzene rings is 2. The van der Waals surface area contributed by atoms with Crippen molar-refractivity contribution in [2.24, 2.45) is 0 Å². The van der Waals surface area contributed by atoms with Crippen molar-refractivity contribution in [3.63, 3.8) is 0 Å². The molecule has 2 aromatic rings. The fourth-order valence-electron chi connectivity index (χ4n) is 3.51. The van der Waals surface area contributed by atoms with Crippen LogP contribution >= 0.6 is 0 Å². The summed E-state index contributed by atoms with van der Waals surface area (Å²) in [5.41, 5.74) is 0.0439. The van der Waals surface area contributed by atoms with Crippen LogP contribution in [0.1, 0.15) is 46.4 Å². The predicted octanol–water partition coefficient (Wildman–Crippen LogP) is 3.54. The van der Waals surface area contributed by atoms with E-state index in [1.165, 1.54) is 11.0 Å². The van der Waals surface area contributed by atoms with Gasteiger partial charge in [-0.3, -0.25) is 9.59 Å². The number of ether oxygens (including phenoxy) is 1. The average molecular weight is 400 g/mol. The van der Waals surface area contributed by atoms with E-state index in [4.69, 9.17) is 4.74 Å². The zero-order valence-corrected chi connectivity index (χ0v) is 15.9. The second-order valence-corrected chi connectivity index (χ2v) is 7.47. The van der Waals surface area contributed by atoms with Gasteiger partial charge in [-0.15, -0.1) is 0 Å². The molecule has 2 aliphatic rings. The highest BCUT2D eigenvalue weighted by Gasteiger charge is 2.32. The summed E-state index contributed by atoms with van der Waals surface area (Å²) in [6, 6.07) is 10.2. The van der Waals surface area contributed by atoms with Crippen LogP contribution in [0.5, 0.6) is 5.75 Å². The van der Waals surface area contributed by atoms with Crippen molar-refractivity contribution >= 4 is 11.8 Å². The molecule has 1 saturated heterocycles. The van der Waals surface area contributed by atoms with E-state index in [1.807, 2.05) is 0 Å². The number of carbonyl (C=O) groups is 2. The van der Waals surface area contributed by atoms with E-state index in [0.717, 1.165) is 31.4 Å². The molecular weight excluding hydrogens is 378 g/mol. The van der Waals surface area contributed by atoms with Gasteiger partial charge in [0.15, 0.2) is 0 Å². The molecule has 0 bridgehead atoms. The molecule has 29 heavy (non-hydrogen) atoms. The number of likely N-dealkylation sites (tertiary alicyclic amines) is 1. The minimum Gasteiger partial charge on any atom is -0.491 e. The van der Waals surface area contributed by atoms with E-state index in [1.54, 1.807) is 24.3 Å². The van der Waals surface area contributed by atoms with E-state index in [-0.39, 0.29) is 18.6 Å². The molecule has 2 aromatic carbocycles. The first-order valence-electron chi connectivity index (χ1n) is 9.81. The van der Waals surface area contributed by atoms with Gasteiger partial charge in [-0.1, -0.05) is 6.07 Å². The molecule has 1 aliphatic heterocycles. The van der Waals surface area contributed by atoms with Crippen molar-refractivity contribution in [2.45, 2.75) is 37.8 Å². The predicted molar refractivity (Wildman–Crippen MR) is 103 cm³/mol. The van der Waals surface area contributed by atoms with Gasteiger partial charge < -0.3 is 15.0 Å². The number of halogens is 2. The Morgan fingerprint density at radius 1 is 1.03 bits per heavy atom. The van der Waals surface area contributed by atoms with Crippen molar-refractivity contribution in [2.75, 3.05) is 13.2 Å². The van der Waals surface area contributed by atoms with Crippen molar-refractivity contribution in [1.29, 1.82) is 0 Å². The molecule has 1 aliphatic carbocycles. The van der Waals surface area contributed by atoms with Gasteiger partial charge in [0.05, 0.1) is 6.04 Å². The molecule has 4 rings (SSSR count). The Labute approximate surface area is 167 Å². The normalized spacial score (nSPS) is 18.6. The molecule has 1 saturated carbocycles. The quantitative estimate of drug-likeness (QED) is 0.807. The van der Waals surface area contributed by atoms with Crippen molar-refractivity contribution in [3.05, 3.63) is 65.2 Å². The summed E-state index contributed by atoms with van der Waals surface area (Å²) >= 11 is 0. The Morgan fingerprint density at radius 3 is 2.38 bits per heavy atom. The van der Waals surface area contributed by atoms with Crippen LogP contribution in [0.4, 0.5) is 8.78 Å². The van der Waals surface area contributed by atoms with Gasteiger partial charge in [-0.2, -0.15) is 0 Å². The molecule has 1 unspecified atom stereocenters. The second kappa shape index (κ2) is 8.19. The van der Waals surface area contributed by atoms with Crippen LogP contribution in [-0.2, 0) is 0 Å². The van der Waals surface area contributed by atoms with Crippen LogP contribution in [0.3, 0.4) is 0 Å². The highest BCUT2D eigenvalue weighted by molar-refractivity contribution is 5.95. The topological polar surface area (TPSA) is 58.6 Å². The first-order valence-corrected chi connectivity index (χ1v) is 9.81. The zero-order valence-electron chi connectivity index (χ0n) is 15.9. The highest BCUT2D eigenvalue weighted by Crippen LogP contribution is 2.24. The Balaban J connectivity index is 1.37. The molecule has 1 N–H and O–H groups in total. The molecule has 0 radical (unpaired) electrons. The molecule has 0 spiro atoms. The summed E-state index contributed by atoms with van der Waals surface area (Å²) in [7, 11) is 0. The number of hydrogen-bond acceptors (Lipinski definition) is 3. The lowest BCUT2D eigenvalue weighted by atomic mass is 10.1. The zero-order chi connectivity index (χ0) is 20.4. The number of nitrogens with zero attached hydrogens (tertiary/aromatic N) is 1. The summed E-state index contributed by atoms with van der Waals surface area (Å²) in [6.07, 6.45) is 3.50. The van der Waals surface area contributed by atoms with E-state index in [9.17, 15) is 18.4 Å². The third-order valence-corrected chi connectivity index (χ3v) is 5.29. The third kappa shape index (κ3) is 4.39. The van der Waals surface area contributed by atoms with E-state index in [2.05, 4.69) is 5.32 Å². The maximum absolute atomic E-state index is 14.0. The Hall–Kier alpha value is -2.96. The molecule has 152 valence electrons. The van der Waals surface area contributed by atoms with Crippen LogP contribution in [-0.4, -0.2) is 41.9 Å². The first-order chi connectivity index (χ1) is 14.0. The lowest BCUT2D eigenvalue weighted by molar-refractivity contribution is 0.0681. The minimum absolute atomic E-state index is 0.0986. The largest absolute Gasteiger partial charge is 0.491 e. The lowest BCUT2D eigenvalue weighted by Crippen LogP contribution is -2.39. The van der Waals surface area contributed by atoms with Gasteiger partial charge in [0.2, 0.25) is 0 Å². The molecular formula is C22H22F2N2O3. The number of nitrogens with one attached hydrogen (secondary N) is 1. The summed E-state index contributed by atoms with van der Waals surface area (Å²) in [5.74, 6) is -1.90. The maximum Gasteiger partial charge on any atom is 0.260 e. The molecule has 5 nitrogen and oxygen atoms in total. The van der Waals surface area contributed by atoms with Gasteiger partial charge in [0, 0.05) is 18.2 Å². The van der Waals surface area contributed by atoms with E-state index in [0.29, 0.717) is 30.3 Å². The van der Waals surface area contributed by atoms with Crippen LogP contribution < -0.4 is 10.1 Å². The molecule has 0 aromatic heterocycles. The number of carbonyl (C=O) groups excluding carboxylic acids is 2. The monoisotopic (exact) mass is 400 g/mol. The molecule has 1 heterocycles. The van der Waals surface area contributed by atoms with Gasteiger partial charge in [0.1, 0.15) is 29.6 Å². The first kappa shape index (κ1) is 19.4.